The summed E-state index contributed by atoms with van der Waals surface area (Å²) in [5.41, 5.74) is 1.97. The average molecular weight is 528 g/mol. The topological polar surface area (TPSA) is 114 Å². The lowest BCUT2D eigenvalue weighted by atomic mass is 9.93. The number of carbonyl (C=O) groups is 1. The van der Waals surface area contributed by atoms with Crippen molar-refractivity contribution in [3.05, 3.63) is 36.0 Å². The molecule has 0 spiro atoms. The second-order valence-corrected chi connectivity index (χ2v) is 12.8. The van der Waals surface area contributed by atoms with Crippen LogP contribution in [0.15, 0.2) is 30.3 Å². The summed E-state index contributed by atoms with van der Waals surface area (Å²) in [6.07, 6.45) is 7.79. The lowest BCUT2D eigenvalue weighted by Crippen LogP contribution is -2.41. The molecule has 9 nitrogen and oxygen atoms in total. The molecule has 2 saturated carbocycles. The van der Waals surface area contributed by atoms with Crippen LogP contribution in [0, 0.1) is 0 Å². The predicted molar refractivity (Wildman–Crippen MR) is 144 cm³/mol. The van der Waals surface area contributed by atoms with Gasteiger partial charge in [0.15, 0.2) is 15.7 Å². The van der Waals surface area contributed by atoms with Gasteiger partial charge in [0.05, 0.1) is 29.4 Å². The molecule has 2 heterocycles. The minimum absolute atomic E-state index is 0.0676. The molecule has 5 rings (SSSR count). The van der Waals surface area contributed by atoms with Gasteiger partial charge in [0.2, 0.25) is 0 Å². The van der Waals surface area contributed by atoms with Gasteiger partial charge < -0.3 is 20.3 Å². The molecule has 0 radical (unpaired) electrons. The number of amides is 2. The zero-order chi connectivity index (χ0) is 25.8. The van der Waals surface area contributed by atoms with Crippen LogP contribution >= 0.6 is 0 Å². The number of sulfone groups is 1. The van der Waals surface area contributed by atoms with Crippen LogP contribution in [0.3, 0.4) is 0 Å². The van der Waals surface area contributed by atoms with Crippen molar-refractivity contribution in [1.29, 1.82) is 0 Å². The first-order valence-electron chi connectivity index (χ1n) is 13.5. The zero-order valence-electron chi connectivity index (χ0n) is 21.5. The Morgan fingerprint density at radius 3 is 2.49 bits per heavy atom. The number of urea groups is 1. The minimum atomic E-state index is -3.31. The summed E-state index contributed by atoms with van der Waals surface area (Å²) in [5, 5.41) is 5.55. The maximum atomic E-state index is 13.3. The third-order valence-corrected chi connectivity index (χ3v) is 9.77. The number of benzene rings is 1. The number of anilines is 2. The van der Waals surface area contributed by atoms with Crippen LogP contribution < -0.4 is 15.5 Å². The molecule has 1 unspecified atom stereocenters. The van der Waals surface area contributed by atoms with Gasteiger partial charge in [-0.2, -0.15) is 0 Å². The van der Waals surface area contributed by atoms with Crippen molar-refractivity contribution in [2.24, 2.45) is 0 Å². The van der Waals surface area contributed by atoms with Crippen molar-refractivity contribution in [2.75, 3.05) is 29.9 Å². The Morgan fingerprint density at radius 1 is 1.05 bits per heavy atom. The third-order valence-electron chi connectivity index (χ3n) is 7.58. The highest BCUT2D eigenvalue weighted by molar-refractivity contribution is 7.91. The Hall–Kier alpha value is -2.72. The van der Waals surface area contributed by atoms with E-state index in [2.05, 4.69) is 15.5 Å². The SMILES string of the molecule is CC1CN(c2cc(CS(=O)(=O)C3CCCCC3)nc(-c3ccc(NC(=O)NC4CCC4)cc3)n2)CCO1. The van der Waals surface area contributed by atoms with Gasteiger partial charge in [0.1, 0.15) is 5.82 Å². The van der Waals surface area contributed by atoms with Gasteiger partial charge in [-0.25, -0.2) is 23.2 Å². The molecule has 1 aromatic heterocycles. The van der Waals surface area contributed by atoms with E-state index in [1.165, 1.54) is 0 Å². The number of ether oxygens (including phenoxy) is 1. The maximum absolute atomic E-state index is 13.3. The highest BCUT2D eigenvalue weighted by Gasteiger charge is 2.29. The van der Waals surface area contributed by atoms with Crippen molar-refractivity contribution in [2.45, 2.75) is 81.4 Å². The summed E-state index contributed by atoms with van der Waals surface area (Å²) in [5.74, 6) is 1.12. The zero-order valence-corrected chi connectivity index (χ0v) is 22.3. The number of nitrogens with zero attached hydrogens (tertiary/aromatic N) is 3. The Morgan fingerprint density at radius 2 is 1.81 bits per heavy atom. The monoisotopic (exact) mass is 527 g/mol. The van der Waals surface area contributed by atoms with E-state index in [4.69, 9.17) is 14.7 Å². The first-order valence-corrected chi connectivity index (χ1v) is 15.2. The molecule has 2 aromatic rings. The normalized spacial score (nSPS) is 21.3. The van der Waals surface area contributed by atoms with Crippen LogP contribution in [-0.2, 0) is 20.3 Å². The fourth-order valence-corrected chi connectivity index (χ4v) is 7.08. The number of hydrogen-bond acceptors (Lipinski definition) is 7. The van der Waals surface area contributed by atoms with Crippen molar-refractivity contribution in [3.8, 4) is 11.4 Å². The molecule has 1 aliphatic heterocycles. The smallest absolute Gasteiger partial charge is 0.319 e. The van der Waals surface area contributed by atoms with E-state index < -0.39 is 9.84 Å². The molecular formula is C27H37N5O4S. The number of morpholine rings is 1. The van der Waals surface area contributed by atoms with Crippen molar-refractivity contribution >= 4 is 27.4 Å². The molecule has 2 N–H and O–H groups in total. The molecule has 1 atom stereocenters. The molecule has 1 saturated heterocycles. The van der Waals surface area contributed by atoms with Crippen molar-refractivity contribution < 1.29 is 17.9 Å². The van der Waals surface area contributed by atoms with Gasteiger partial charge >= 0.3 is 6.03 Å². The summed E-state index contributed by atoms with van der Waals surface area (Å²) in [7, 11) is -3.31. The van der Waals surface area contributed by atoms with Gasteiger partial charge in [0, 0.05) is 36.4 Å². The fourth-order valence-electron chi connectivity index (χ4n) is 5.23. The van der Waals surface area contributed by atoms with Gasteiger partial charge in [-0.1, -0.05) is 19.3 Å². The Bertz CT molecular complexity index is 1190. The van der Waals surface area contributed by atoms with Gasteiger partial charge in [-0.3, -0.25) is 0 Å². The molecule has 200 valence electrons. The van der Waals surface area contributed by atoms with Gasteiger partial charge in [-0.15, -0.1) is 0 Å². The van der Waals surface area contributed by atoms with E-state index in [0.717, 1.165) is 62.7 Å². The number of nitrogens with one attached hydrogen (secondary N) is 2. The molecule has 3 aliphatic rings. The Balaban J connectivity index is 1.38. The molecule has 2 amide bonds. The maximum Gasteiger partial charge on any atom is 0.319 e. The van der Waals surface area contributed by atoms with Crippen molar-refractivity contribution in [1.82, 2.24) is 15.3 Å². The van der Waals surface area contributed by atoms with Crippen LogP contribution in [0.1, 0.15) is 64.0 Å². The number of rotatable bonds is 7. The minimum Gasteiger partial charge on any atom is -0.375 e. The number of aromatic nitrogens is 2. The molecular weight excluding hydrogens is 490 g/mol. The summed E-state index contributed by atoms with van der Waals surface area (Å²) < 4.78 is 32.2. The van der Waals surface area contributed by atoms with E-state index in [9.17, 15) is 13.2 Å². The van der Waals surface area contributed by atoms with Gasteiger partial charge in [-0.05, 0) is 63.3 Å². The quantitative estimate of drug-likeness (QED) is 0.552. The Labute approximate surface area is 219 Å². The van der Waals surface area contributed by atoms with E-state index in [1.54, 1.807) is 0 Å². The second-order valence-electron chi connectivity index (χ2n) is 10.5. The van der Waals surface area contributed by atoms with Crippen LogP contribution in [-0.4, -0.2) is 61.5 Å². The van der Waals surface area contributed by atoms with Crippen LogP contribution in [0.2, 0.25) is 0 Å². The molecule has 1 aromatic carbocycles. The van der Waals surface area contributed by atoms with Gasteiger partial charge in [0.25, 0.3) is 0 Å². The molecule has 10 heteroatoms. The lowest BCUT2D eigenvalue weighted by molar-refractivity contribution is 0.0529. The fraction of sp³-hybridized carbons (Fsp3) is 0.593. The van der Waals surface area contributed by atoms with Crippen LogP contribution in [0.4, 0.5) is 16.3 Å². The first kappa shape index (κ1) is 25.9. The standard InChI is InChI=1S/C27H37N5O4S/c1-19-17-32(14-15-36-19)25-16-23(18-37(34,35)24-8-3-2-4-9-24)28-26(31-25)20-10-12-22(13-11-20)30-27(33)29-21-6-5-7-21/h10-13,16,19,21,24H,2-9,14-15,17-18H2,1H3,(H2,29,30,33). The van der Waals surface area contributed by atoms with Crippen LogP contribution in [0.5, 0.6) is 0 Å². The van der Waals surface area contributed by atoms with E-state index in [1.807, 2.05) is 37.3 Å². The van der Waals surface area contributed by atoms with Crippen molar-refractivity contribution in [3.63, 3.8) is 0 Å². The van der Waals surface area contributed by atoms with E-state index >= 15 is 0 Å². The second kappa shape index (κ2) is 11.3. The van der Waals surface area contributed by atoms with E-state index in [-0.39, 0.29) is 29.2 Å². The highest BCUT2D eigenvalue weighted by atomic mass is 32.2. The summed E-state index contributed by atoms with van der Waals surface area (Å²) in [6, 6.07) is 9.25. The average Bonchev–Trinajstić information content (AvgIpc) is 2.87. The number of carbonyl (C=O) groups excluding carboxylic acids is 1. The first-order chi connectivity index (χ1) is 17.9. The summed E-state index contributed by atoms with van der Waals surface area (Å²) >= 11 is 0. The molecule has 0 bridgehead atoms. The number of hydrogen-bond donors (Lipinski definition) is 2. The summed E-state index contributed by atoms with van der Waals surface area (Å²) in [6.45, 7) is 3.99. The molecule has 3 fully saturated rings. The van der Waals surface area contributed by atoms with E-state index in [0.29, 0.717) is 36.9 Å². The molecule has 37 heavy (non-hydrogen) atoms. The third kappa shape index (κ3) is 6.59. The lowest BCUT2D eigenvalue weighted by Gasteiger charge is -2.32. The largest absolute Gasteiger partial charge is 0.375 e. The molecule has 2 aliphatic carbocycles. The highest BCUT2D eigenvalue weighted by Crippen LogP contribution is 2.28. The van der Waals surface area contributed by atoms with Crippen LogP contribution in [0.25, 0.3) is 11.4 Å². The Kier molecular flexibility index (Phi) is 7.95. The summed E-state index contributed by atoms with van der Waals surface area (Å²) in [4.78, 5) is 23.9. The predicted octanol–water partition coefficient (Wildman–Crippen LogP) is 4.29.